The van der Waals surface area contributed by atoms with E-state index in [-0.39, 0.29) is 17.0 Å². The standard InChI is InChI=1S/C23H23N3O4/c27-19-8-7-15(11-20(19)28)14-24-26-22(30)21(29)12-18-17-6-2-1-5-16(17)13-23(25-18)9-3-4-10-23/h1-2,5-8,11-12,14,25,27-28H,3-4,9-10,13H2,(H,26,30)/b18-12-,24-14-. The molecule has 0 radical (unpaired) electrons. The topological polar surface area (TPSA) is 111 Å². The van der Waals surface area contributed by atoms with Gasteiger partial charge in [0.2, 0.25) is 5.78 Å². The van der Waals surface area contributed by atoms with Gasteiger partial charge in [0.1, 0.15) is 0 Å². The number of rotatable bonds is 4. The van der Waals surface area contributed by atoms with Crippen molar-refractivity contribution in [3.05, 3.63) is 65.2 Å². The Kier molecular flexibility index (Phi) is 5.27. The number of nitrogens with one attached hydrogen (secondary N) is 2. The highest BCUT2D eigenvalue weighted by Crippen LogP contribution is 2.39. The van der Waals surface area contributed by atoms with Crippen molar-refractivity contribution in [2.45, 2.75) is 37.6 Å². The molecule has 0 bridgehead atoms. The maximum atomic E-state index is 12.5. The number of amides is 1. The largest absolute Gasteiger partial charge is 0.504 e. The lowest BCUT2D eigenvalue weighted by Crippen LogP contribution is -2.47. The Balaban J connectivity index is 1.49. The monoisotopic (exact) mass is 405 g/mol. The Hall–Kier alpha value is -3.61. The summed E-state index contributed by atoms with van der Waals surface area (Å²) in [6.07, 6.45) is 7.93. The first-order valence-electron chi connectivity index (χ1n) is 9.93. The molecule has 2 aromatic rings. The number of phenols is 2. The van der Waals surface area contributed by atoms with Gasteiger partial charge in [-0.1, -0.05) is 37.1 Å². The second kappa shape index (κ2) is 8.02. The predicted molar refractivity (Wildman–Crippen MR) is 113 cm³/mol. The quantitative estimate of drug-likeness (QED) is 0.205. The number of nitrogens with zero attached hydrogens (tertiary/aromatic N) is 1. The van der Waals surface area contributed by atoms with Crippen LogP contribution in [0.5, 0.6) is 11.5 Å². The van der Waals surface area contributed by atoms with E-state index >= 15 is 0 Å². The second-order valence-corrected chi connectivity index (χ2v) is 7.82. The number of phenolic OH excluding ortho intramolecular Hbond substituents is 2. The SMILES string of the molecule is O=C(/C=C1\NC2(CCCC2)Cc2ccccc21)C(=O)N/N=C\c1ccc(O)c(O)c1. The molecule has 7 nitrogen and oxygen atoms in total. The van der Waals surface area contributed by atoms with Crippen molar-refractivity contribution in [1.29, 1.82) is 0 Å². The minimum atomic E-state index is -0.855. The smallest absolute Gasteiger partial charge is 0.311 e. The van der Waals surface area contributed by atoms with E-state index in [1.54, 1.807) is 0 Å². The molecule has 0 aromatic heterocycles. The molecule has 1 aliphatic heterocycles. The first kappa shape index (κ1) is 19.7. The van der Waals surface area contributed by atoms with Gasteiger partial charge in [-0.2, -0.15) is 5.10 Å². The Morgan fingerprint density at radius 3 is 2.60 bits per heavy atom. The van der Waals surface area contributed by atoms with Crippen LogP contribution in [0.15, 0.2) is 53.6 Å². The van der Waals surface area contributed by atoms with E-state index in [2.05, 4.69) is 21.9 Å². The zero-order valence-electron chi connectivity index (χ0n) is 16.4. The van der Waals surface area contributed by atoms with Crippen LogP contribution in [0, 0.1) is 0 Å². The summed E-state index contributed by atoms with van der Waals surface area (Å²) < 4.78 is 0. The molecule has 1 aliphatic carbocycles. The summed E-state index contributed by atoms with van der Waals surface area (Å²) in [5, 5.41) is 26.1. The Morgan fingerprint density at radius 2 is 1.83 bits per heavy atom. The lowest BCUT2D eigenvalue weighted by atomic mass is 9.82. The van der Waals surface area contributed by atoms with E-state index in [0.29, 0.717) is 11.3 Å². The molecule has 2 aliphatic rings. The highest BCUT2D eigenvalue weighted by atomic mass is 16.3. The van der Waals surface area contributed by atoms with Gasteiger partial charge in [-0.05, 0) is 48.6 Å². The van der Waals surface area contributed by atoms with Crippen LogP contribution in [0.1, 0.15) is 42.4 Å². The summed E-state index contributed by atoms with van der Waals surface area (Å²) in [4.78, 5) is 24.7. The van der Waals surface area contributed by atoms with Crippen LogP contribution in [0.25, 0.3) is 5.70 Å². The summed E-state index contributed by atoms with van der Waals surface area (Å²) in [5.74, 6) is -2.10. The number of fused-ring (bicyclic) bond motifs is 1. The van der Waals surface area contributed by atoms with Gasteiger partial charge < -0.3 is 15.5 Å². The molecule has 0 saturated heterocycles. The molecule has 0 atom stereocenters. The fraction of sp³-hybridized carbons (Fsp3) is 0.261. The molecule has 4 rings (SSSR count). The van der Waals surface area contributed by atoms with Gasteiger partial charge in [0.05, 0.1) is 6.21 Å². The number of ketones is 1. The maximum Gasteiger partial charge on any atom is 0.311 e. The van der Waals surface area contributed by atoms with Crippen molar-refractivity contribution in [3.8, 4) is 11.5 Å². The van der Waals surface area contributed by atoms with E-state index in [1.807, 2.05) is 18.2 Å². The molecule has 4 N–H and O–H groups in total. The highest BCUT2D eigenvalue weighted by molar-refractivity contribution is 6.41. The molecule has 0 unspecified atom stereocenters. The zero-order chi connectivity index (χ0) is 21.1. The number of carbonyl (C=O) groups excluding carboxylic acids is 2. The van der Waals surface area contributed by atoms with Crippen LogP contribution in [-0.2, 0) is 16.0 Å². The van der Waals surface area contributed by atoms with Crippen LogP contribution in [0.2, 0.25) is 0 Å². The van der Waals surface area contributed by atoms with Crippen molar-refractivity contribution < 1.29 is 19.8 Å². The second-order valence-electron chi connectivity index (χ2n) is 7.82. The third-order valence-corrected chi connectivity index (χ3v) is 5.68. The van der Waals surface area contributed by atoms with E-state index in [1.165, 1.54) is 36.1 Å². The van der Waals surface area contributed by atoms with Gasteiger partial charge in [-0.25, -0.2) is 5.43 Å². The van der Waals surface area contributed by atoms with Crippen LogP contribution in [-0.4, -0.2) is 33.7 Å². The maximum absolute atomic E-state index is 12.5. The molecule has 7 heteroatoms. The lowest BCUT2D eigenvalue weighted by molar-refractivity contribution is -0.135. The van der Waals surface area contributed by atoms with E-state index in [0.717, 1.165) is 37.7 Å². The molecule has 1 spiro atoms. The molecule has 1 amide bonds. The average Bonchev–Trinajstić information content (AvgIpc) is 3.17. The van der Waals surface area contributed by atoms with Crippen LogP contribution in [0.3, 0.4) is 0 Å². The molecule has 1 heterocycles. The van der Waals surface area contributed by atoms with Gasteiger partial charge in [0.15, 0.2) is 11.5 Å². The molecule has 30 heavy (non-hydrogen) atoms. The molecule has 2 aromatic carbocycles. The Bertz CT molecular complexity index is 1050. The zero-order valence-corrected chi connectivity index (χ0v) is 16.4. The first-order valence-corrected chi connectivity index (χ1v) is 9.93. The molecule has 1 fully saturated rings. The van der Waals surface area contributed by atoms with E-state index < -0.39 is 11.7 Å². The first-order chi connectivity index (χ1) is 14.5. The number of carbonyl (C=O) groups is 2. The summed E-state index contributed by atoms with van der Waals surface area (Å²) in [5.41, 5.74) is 5.42. The number of hydrogen-bond donors (Lipinski definition) is 4. The summed E-state index contributed by atoms with van der Waals surface area (Å²) in [6.45, 7) is 0. The third kappa shape index (κ3) is 4.05. The summed E-state index contributed by atoms with van der Waals surface area (Å²) in [7, 11) is 0. The van der Waals surface area contributed by atoms with Gasteiger partial charge in [-0.3, -0.25) is 9.59 Å². The van der Waals surface area contributed by atoms with Crippen molar-refractivity contribution in [1.82, 2.24) is 10.7 Å². The molecular formula is C23H23N3O4. The molecule has 1 saturated carbocycles. The fourth-order valence-corrected chi connectivity index (χ4v) is 4.20. The van der Waals surface area contributed by atoms with Gasteiger partial charge >= 0.3 is 5.91 Å². The molecular weight excluding hydrogens is 382 g/mol. The number of hydrogen-bond acceptors (Lipinski definition) is 6. The van der Waals surface area contributed by atoms with Crippen molar-refractivity contribution in [2.75, 3.05) is 0 Å². The predicted octanol–water partition coefficient (Wildman–Crippen LogP) is 2.62. The van der Waals surface area contributed by atoms with Gasteiger partial charge in [-0.15, -0.1) is 0 Å². The highest BCUT2D eigenvalue weighted by Gasteiger charge is 2.38. The Morgan fingerprint density at radius 1 is 1.07 bits per heavy atom. The van der Waals surface area contributed by atoms with E-state index in [4.69, 9.17) is 0 Å². The molecule has 154 valence electrons. The minimum Gasteiger partial charge on any atom is -0.504 e. The Labute approximate surface area is 174 Å². The van der Waals surface area contributed by atoms with Crippen molar-refractivity contribution >= 4 is 23.6 Å². The van der Waals surface area contributed by atoms with Gasteiger partial charge in [0.25, 0.3) is 0 Å². The number of hydrazone groups is 1. The van der Waals surface area contributed by atoms with E-state index in [9.17, 15) is 19.8 Å². The van der Waals surface area contributed by atoms with Crippen LogP contribution >= 0.6 is 0 Å². The summed E-state index contributed by atoms with van der Waals surface area (Å²) >= 11 is 0. The fourth-order valence-electron chi connectivity index (χ4n) is 4.20. The van der Waals surface area contributed by atoms with Crippen molar-refractivity contribution in [2.24, 2.45) is 5.10 Å². The summed E-state index contributed by atoms with van der Waals surface area (Å²) in [6, 6.07) is 12.1. The van der Waals surface area contributed by atoms with Gasteiger partial charge in [0, 0.05) is 22.9 Å². The van der Waals surface area contributed by atoms with Crippen molar-refractivity contribution in [3.63, 3.8) is 0 Å². The average molecular weight is 405 g/mol. The van der Waals surface area contributed by atoms with Crippen LogP contribution < -0.4 is 10.7 Å². The number of aromatic hydroxyl groups is 2. The number of benzene rings is 2. The minimum absolute atomic E-state index is 0.0457. The lowest BCUT2D eigenvalue weighted by Gasteiger charge is -2.38. The third-order valence-electron chi connectivity index (χ3n) is 5.68. The normalized spacial score (nSPS) is 18.3. The van der Waals surface area contributed by atoms with Crippen LogP contribution in [0.4, 0.5) is 0 Å².